The summed E-state index contributed by atoms with van der Waals surface area (Å²) in [6.07, 6.45) is 1.94. The molecule has 1 saturated carbocycles. The Morgan fingerprint density at radius 2 is 1.77 bits per heavy atom. The Morgan fingerprint density at radius 3 is 2.54 bits per heavy atom. The highest BCUT2D eigenvalue weighted by Gasteiger charge is 2.46. The third-order valence-electron chi connectivity index (χ3n) is 5.24. The molecule has 0 aromatic heterocycles. The van der Waals surface area contributed by atoms with Gasteiger partial charge in [0.2, 0.25) is 0 Å². The van der Waals surface area contributed by atoms with Gasteiger partial charge in [-0.3, -0.25) is 4.79 Å². The fourth-order valence-corrected chi connectivity index (χ4v) is 3.69. The first-order valence-electron chi connectivity index (χ1n) is 9.18. The van der Waals surface area contributed by atoms with Gasteiger partial charge in [-0.2, -0.15) is 0 Å². The van der Waals surface area contributed by atoms with Crippen LogP contribution in [0.25, 0.3) is 10.8 Å². The van der Waals surface area contributed by atoms with Crippen LogP contribution in [-0.4, -0.2) is 12.5 Å². The monoisotopic (exact) mass is 345 g/mol. The van der Waals surface area contributed by atoms with E-state index in [1.165, 1.54) is 16.3 Å². The van der Waals surface area contributed by atoms with Crippen molar-refractivity contribution in [3.05, 3.63) is 77.4 Å². The van der Waals surface area contributed by atoms with Crippen LogP contribution >= 0.6 is 0 Å². The summed E-state index contributed by atoms with van der Waals surface area (Å²) in [5.41, 5.74) is 2.53. The van der Waals surface area contributed by atoms with Crippen LogP contribution in [0.3, 0.4) is 0 Å². The van der Waals surface area contributed by atoms with E-state index in [4.69, 9.17) is 4.74 Å². The predicted molar refractivity (Wildman–Crippen MR) is 105 cm³/mol. The average Bonchev–Trinajstić information content (AvgIpc) is 3.43. The van der Waals surface area contributed by atoms with Gasteiger partial charge in [0.15, 0.2) is 0 Å². The van der Waals surface area contributed by atoms with E-state index in [9.17, 15) is 4.79 Å². The molecule has 1 fully saturated rings. The van der Waals surface area contributed by atoms with E-state index in [0.717, 1.165) is 24.2 Å². The second kappa shape index (κ2) is 6.49. The Bertz CT molecular complexity index is 968. The zero-order chi connectivity index (χ0) is 18.1. The second-order valence-electron chi connectivity index (χ2n) is 6.92. The summed E-state index contributed by atoms with van der Waals surface area (Å²) in [6, 6.07) is 20.3. The first-order chi connectivity index (χ1) is 12.6. The van der Waals surface area contributed by atoms with Crippen LogP contribution in [0.5, 0.6) is 5.75 Å². The minimum absolute atomic E-state index is 0.0329. The van der Waals surface area contributed by atoms with Gasteiger partial charge in [-0.1, -0.05) is 48.5 Å². The number of nitrogens with one attached hydrogen (secondary N) is 1. The molecule has 0 atom stereocenters. The maximum absolute atomic E-state index is 13.0. The van der Waals surface area contributed by atoms with Crippen LogP contribution in [0.15, 0.2) is 60.7 Å². The largest absolute Gasteiger partial charge is 0.494 e. The van der Waals surface area contributed by atoms with Crippen molar-refractivity contribution in [2.24, 2.45) is 0 Å². The van der Waals surface area contributed by atoms with Gasteiger partial charge in [0.1, 0.15) is 5.75 Å². The smallest absolute Gasteiger partial charge is 0.252 e. The SMILES string of the molecule is CCOc1cccc(C(=O)NC2(c3cccc4ccccc34)CC2)c1C. The molecule has 0 bridgehead atoms. The van der Waals surface area contributed by atoms with E-state index >= 15 is 0 Å². The molecular weight excluding hydrogens is 322 g/mol. The van der Waals surface area contributed by atoms with Gasteiger partial charge in [-0.25, -0.2) is 0 Å². The summed E-state index contributed by atoms with van der Waals surface area (Å²) in [5.74, 6) is 0.740. The normalized spacial score (nSPS) is 14.8. The molecule has 26 heavy (non-hydrogen) atoms. The fraction of sp³-hybridized carbons (Fsp3) is 0.261. The summed E-state index contributed by atoms with van der Waals surface area (Å²) < 4.78 is 5.64. The molecule has 3 aromatic carbocycles. The number of carbonyl (C=O) groups excluding carboxylic acids is 1. The number of rotatable bonds is 5. The minimum Gasteiger partial charge on any atom is -0.494 e. The lowest BCUT2D eigenvalue weighted by molar-refractivity contribution is 0.0930. The van der Waals surface area contributed by atoms with Gasteiger partial charge in [0, 0.05) is 11.1 Å². The Balaban J connectivity index is 1.67. The zero-order valence-electron chi connectivity index (χ0n) is 15.2. The Hall–Kier alpha value is -2.81. The number of fused-ring (bicyclic) bond motifs is 1. The molecule has 1 amide bonds. The first kappa shape index (κ1) is 16.6. The summed E-state index contributed by atoms with van der Waals surface area (Å²) >= 11 is 0. The number of amides is 1. The van der Waals surface area contributed by atoms with E-state index < -0.39 is 0 Å². The van der Waals surface area contributed by atoms with E-state index in [1.54, 1.807) is 0 Å². The van der Waals surface area contributed by atoms with E-state index in [-0.39, 0.29) is 11.4 Å². The molecule has 0 aliphatic heterocycles. The van der Waals surface area contributed by atoms with E-state index in [1.807, 2.05) is 38.1 Å². The molecule has 0 saturated heterocycles. The standard InChI is InChI=1S/C23H23NO2/c1-3-26-21-13-7-11-18(16(21)2)22(25)24-23(14-15-23)20-12-6-9-17-8-4-5-10-19(17)20/h4-13H,3,14-15H2,1-2H3,(H,24,25). The van der Waals surface area contributed by atoms with Crippen molar-refractivity contribution < 1.29 is 9.53 Å². The molecule has 132 valence electrons. The van der Waals surface area contributed by atoms with Crippen LogP contribution in [0.2, 0.25) is 0 Å². The van der Waals surface area contributed by atoms with Gasteiger partial charge in [-0.15, -0.1) is 0 Å². The maximum atomic E-state index is 13.0. The topological polar surface area (TPSA) is 38.3 Å². The van der Waals surface area contributed by atoms with Crippen molar-refractivity contribution in [2.75, 3.05) is 6.61 Å². The minimum atomic E-state index is -0.258. The van der Waals surface area contributed by atoms with Crippen molar-refractivity contribution in [1.29, 1.82) is 0 Å². The third kappa shape index (κ3) is 2.84. The lowest BCUT2D eigenvalue weighted by Crippen LogP contribution is -2.35. The lowest BCUT2D eigenvalue weighted by atomic mass is 9.96. The lowest BCUT2D eigenvalue weighted by Gasteiger charge is -2.21. The number of ether oxygens (including phenoxy) is 1. The summed E-state index contributed by atoms with van der Waals surface area (Å²) in [7, 11) is 0. The van der Waals surface area contributed by atoms with Crippen molar-refractivity contribution >= 4 is 16.7 Å². The molecule has 0 spiro atoms. The average molecular weight is 345 g/mol. The maximum Gasteiger partial charge on any atom is 0.252 e. The molecule has 0 unspecified atom stereocenters. The summed E-state index contributed by atoms with van der Waals surface area (Å²) in [4.78, 5) is 13.0. The summed E-state index contributed by atoms with van der Waals surface area (Å²) in [5, 5.41) is 5.73. The van der Waals surface area contributed by atoms with Crippen LogP contribution in [-0.2, 0) is 5.54 Å². The van der Waals surface area contributed by atoms with Crippen LogP contribution in [0.1, 0.15) is 41.3 Å². The van der Waals surface area contributed by atoms with Gasteiger partial charge in [0.05, 0.1) is 12.1 Å². The molecule has 3 heteroatoms. The predicted octanol–water partition coefficient (Wildman–Crippen LogP) is 4.97. The van der Waals surface area contributed by atoms with Gasteiger partial charge < -0.3 is 10.1 Å². The van der Waals surface area contributed by atoms with Crippen LogP contribution in [0.4, 0.5) is 0 Å². The van der Waals surface area contributed by atoms with Gasteiger partial charge in [0.25, 0.3) is 5.91 Å². The number of hydrogen-bond acceptors (Lipinski definition) is 2. The Labute approximate surface area is 154 Å². The molecule has 1 N–H and O–H groups in total. The highest BCUT2D eigenvalue weighted by molar-refractivity contribution is 5.98. The van der Waals surface area contributed by atoms with Crippen molar-refractivity contribution in [3.63, 3.8) is 0 Å². The van der Waals surface area contributed by atoms with Crippen molar-refractivity contribution in [3.8, 4) is 5.75 Å². The van der Waals surface area contributed by atoms with Crippen molar-refractivity contribution in [2.45, 2.75) is 32.2 Å². The number of benzene rings is 3. The third-order valence-corrected chi connectivity index (χ3v) is 5.24. The first-order valence-corrected chi connectivity index (χ1v) is 9.18. The van der Waals surface area contributed by atoms with Gasteiger partial charge >= 0.3 is 0 Å². The molecule has 0 heterocycles. The van der Waals surface area contributed by atoms with E-state index in [0.29, 0.717) is 12.2 Å². The van der Waals surface area contributed by atoms with Crippen LogP contribution in [0, 0.1) is 6.92 Å². The molecule has 1 aliphatic rings. The molecule has 0 radical (unpaired) electrons. The highest BCUT2D eigenvalue weighted by atomic mass is 16.5. The quantitative estimate of drug-likeness (QED) is 0.709. The molecule has 4 rings (SSSR count). The number of carbonyl (C=O) groups is 1. The molecule has 1 aliphatic carbocycles. The Morgan fingerprint density at radius 1 is 1.04 bits per heavy atom. The molecular formula is C23H23NO2. The number of hydrogen-bond donors (Lipinski definition) is 1. The molecule has 3 nitrogen and oxygen atoms in total. The molecule has 3 aromatic rings. The zero-order valence-corrected chi connectivity index (χ0v) is 15.2. The van der Waals surface area contributed by atoms with Crippen molar-refractivity contribution in [1.82, 2.24) is 5.32 Å². The second-order valence-corrected chi connectivity index (χ2v) is 6.92. The van der Waals surface area contributed by atoms with Crippen LogP contribution < -0.4 is 10.1 Å². The Kier molecular flexibility index (Phi) is 4.15. The fourth-order valence-electron chi connectivity index (χ4n) is 3.69. The van der Waals surface area contributed by atoms with E-state index in [2.05, 4.69) is 41.7 Å². The summed E-state index contributed by atoms with van der Waals surface area (Å²) in [6.45, 7) is 4.48. The van der Waals surface area contributed by atoms with Gasteiger partial charge in [-0.05, 0) is 55.2 Å². The highest BCUT2D eigenvalue weighted by Crippen LogP contribution is 2.48.